The number of thiocarbonyl (C=S) groups is 1. The van der Waals surface area contributed by atoms with E-state index < -0.39 is 17.8 Å². The summed E-state index contributed by atoms with van der Waals surface area (Å²) in [5, 5.41) is 11.9. The van der Waals surface area contributed by atoms with Gasteiger partial charge in [-0.1, -0.05) is 29.8 Å². The minimum Gasteiger partial charge on any atom is -0.478 e. The van der Waals surface area contributed by atoms with Crippen molar-refractivity contribution in [2.45, 2.75) is 20.8 Å². The topological polar surface area (TPSA) is 99.8 Å². The number of rotatable bonds is 4. The van der Waals surface area contributed by atoms with Gasteiger partial charge in [0.1, 0.15) is 17.1 Å². The molecule has 1 aliphatic rings. The molecule has 1 fully saturated rings. The number of furan rings is 1. The van der Waals surface area contributed by atoms with E-state index in [1.165, 1.54) is 17.0 Å². The quantitative estimate of drug-likeness (QED) is 0.340. The van der Waals surface area contributed by atoms with Crippen LogP contribution in [0.25, 0.3) is 17.4 Å². The Morgan fingerprint density at radius 3 is 2.55 bits per heavy atom. The van der Waals surface area contributed by atoms with Crippen molar-refractivity contribution in [2.75, 3.05) is 4.90 Å². The van der Waals surface area contributed by atoms with Gasteiger partial charge in [0, 0.05) is 5.56 Å². The molecule has 33 heavy (non-hydrogen) atoms. The van der Waals surface area contributed by atoms with Crippen molar-refractivity contribution >= 4 is 46.9 Å². The third-order valence-corrected chi connectivity index (χ3v) is 5.72. The Kier molecular flexibility index (Phi) is 5.69. The lowest BCUT2D eigenvalue weighted by Gasteiger charge is -2.30. The minimum absolute atomic E-state index is 0.00958. The summed E-state index contributed by atoms with van der Waals surface area (Å²) in [4.78, 5) is 38.5. The molecule has 0 atom stereocenters. The van der Waals surface area contributed by atoms with Crippen LogP contribution in [0, 0.1) is 20.8 Å². The summed E-state index contributed by atoms with van der Waals surface area (Å²) in [6, 6.07) is 13.8. The number of carboxylic acids is 1. The summed E-state index contributed by atoms with van der Waals surface area (Å²) in [5.74, 6) is -1.51. The van der Waals surface area contributed by atoms with Crippen LogP contribution in [0.1, 0.15) is 32.8 Å². The van der Waals surface area contributed by atoms with E-state index >= 15 is 0 Å². The zero-order chi connectivity index (χ0) is 23.9. The number of anilines is 1. The molecular formula is C25H20N2O5S. The molecule has 2 amide bonds. The number of benzene rings is 2. The molecule has 1 aliphatic heterocycles. The molecule has 166 valence electrons. The molecule has 0 radical (unpaired) electrons. The first kappa shape index (κ1) is 22.2. The molecule has 8 heteroatoms. The van der Waals surface area contributed by atoms with Crippen LogP contribution < -0.4 is 10.2 Å². The monoisotopic (exact) mass is 460 g/mol. The normalized spacial score (nSPS) is 15.2. The highest BCUT2D eigenvalue weighted by Crippen LogP contribution is 2.30. The van der Waals surface area contributed by atoms with Gasteiger partial charge in [0.05, 0.1) is 11.3 Å². The highest BCUT2D eigenvalue weighted by molar-refractivity contribution is 7.80. The molecule has 0 bridgehead atoms. The van der Waals surface area contributed by atoms with Crippen LogP contribution in [0.2, 0.25) is 0 Å². The van der Waals surface area contributed by atoms with Crippen molar-refractivity contribution in [3.8, 4) is 11.3 Å². The van der Waals surface area contributed by atoms with Crippen molar-refractivity contribution in [2.24, 2.45) is 0 Å². The van der Waals surface area contributed by atoms with Crippen molar-refractivity contribution in [1.82, 2.24) is 5.32 Å². The molecular weight excluding hydrogens is 440 g/mol. The second-order valence-electron chi connectivity index (χ2n) is 7.73. The molecule has 0 saturated carbocycles. The van der Waals surface area contributed by atoms with Gasteiger partial charge in [0.25, 0.3) is 11.8 Å². The second kappa shape index (κ2) is 8.48. The number of carbonyl (C=O) groups excluding carboxylic acids is 2. The van der Waals surface area contributed by atoms with Crippen molar-refractivity contribution in [1.29, 1.82) is 0 Å². The Morgan fingerprint density at radius 2 is 1.85 bits per heavy atom. The summed E-state index contributed by atoms with van der Waals surface area (Å²) >= 11 is 5.26. The summed E-state index contributed by atoms with van der Waals surface area (Å²) in [5.41, 5.74) is 3.67. The minimum atomic E-state index is -1.03. The lowest BCUT2D eigenvalue weighted by atomic mass is 10.0. The van der Waals surface area contributed by atoms with E-state index in [9.17, 15) is 19.5 Å². The van der Waals surface area contributed by atoms with E-state index in [2.05, 4.69) is 5.32 Å². The Hall–Kier alpha value is -4.04. The zero-order valence-corrected chi connectivity index (χ0v) is 18.9. The van der Waals surface area contributed by atoms with Gasteiger partial charge >= 0.3 is 5.97 Å². The molecule has 2 N–H and O–H groups in total. The summed E-state index contributed by atoms with van der Waals surface area (Å²) in [6.07, 6.45) is 1.36. The van der Waals surface area contributed by atoms with Gasteiger partial charge in [0.15, 0.2) is 5.11 Å². The third kappa shape index (κ3) is 4.08. The van der Waals surface area contributed by atoms with E-state index in [1.807, 2.05) is 26.0 Å². The molecule has 3 aromatic rings. The summed E-state index contributed by atoms with van der Waals surface area (Å²) in [7, 11) is 0. The smallest absolute Gasteiger partial charge is 0.335 e. The largest absolute Gasteiger partial charge is 0.478 e. The van der Waals surface area contributed by atoms with Crippen molar-refractivity contribution in [3.05, 3.63) is 82.1 Å². The van der Waals surface area contributed by atoms with Crippen LogP contribution in [0.3, 0.4) is 0 Å². The maximum atomic E-state index is 13.2. The number of nitrogens with one attached hydrogen (secondary N) is 1. The number of hydrogen-bond acceptors (Lipinski definition) is 5. The third-order valence-electron chi connectivity index (χ3n) is 5.44. The van der Waals surface area contributed by atoms with Crippen molar-refractivity contribution < 1.29 is 23.9 Å². The molecule has 0 unspecified atom stereocenters. The fraction of sp³-hybridized carbons (Fsp3) is 0.120. The average molecular weight is 461 g/mol. The van der Waals surface area contributed by atoms with Crippen LogP contribution in [0.4, 0.5) is 5.69 Å². The molecule has 7 nitrogen and oxygen atoms in total. The highest BCUT2D eigenvalue weighted by Gasteiger charge is 2.35. The second-order valence-corrected chi connectivity index (χ2v) is 8.12. The van der Waals surface area contributed by atoms with Gasteiger partial charge in [-0.25, -0.2) is 4.79 Å². The van der Waals surface area contributed by atoms with Gasteiger partial charge in [-0.3, -0.25) is 19.8 Å². The first-order valence-corrected chi connectivity index (χ1v) is 10.5. The number of carbonyl (C=O) groups is 3. The van der Waals surface area contributed by atoms with E-state index in [1.54, 1.807) is 37.3 Å². The van der Waals surface area contributed by atoms with E-state index in [0.717, 1.165) is 11.1 Å². The van der Waals surface area contributed by atoms with Crippen molar-refractivity contribution in [3.63, 3.8) is 0 Å². The SMILES string of the molecule is Cc1ccc(N2C(=O)C(=Cc3ccc(-c4cccc(C(=O)O)c4C)o3)C(=O)NC2=S)c(C)c1. The maximum Gasteiger partial charge on any atom is 0.335 e. The Morgan fingerprint density at radius 1 is 1.09 bits per heavy atom. The fourth-order valence-electron chi connectivity index (χ4n) is 3.78. The molecule has 2 aromatic carbocycles. The molecule has 0 aliphatic carbocycles. The number of aryl methyl sites for hydroxylation is 2. The first-order valence-electron chi connectivity index (χ1n) is 10.1. The van der Waals surface area contributed by atoms with Gasteiger partial charge in [-0.15, -0.1) is 0 Å². The number of amides is 2. The molecule has 2 heterocycles. The summed E-state index contributed by atoms with van der Waals surface area (Å²) < 4.78 is 5.84. The van der Waals surface area contributed by atoms with Crippen LogP contribution in [-0.2, 0) is 9.59 Å². The van der Waals surface area contributed by atoms with Gasteiger partial charge in [-0.05, 0) is 74.5 Å². The Balaban J connectivity index is 1.71. The highest BCUT2D eigenvalue weighted by atomic mass is 32.1. The van der Waals surface area contributed by atoms with Crippen LogP contribution >= 0.6 is 12.2 Å². The zero-order valence-electron chi connectivity index (χ0n) is 18.1. The Bertz CT molecular complexity index is 1370. The Labute approximate surface area is 195 Å². The molecule has 4 rings (SSSR count). The van der Waals surface area contributed by atoms with Gasteiger partial charge in [0.2, 0.25) is 0 Å². The van der Waals surface area contributed by atoms with Crippen LogP contribution in [0.15, 0.2) is 58.5 Å². The predicted octanol–water partition coefficient (Wildman–Crippen LogP) is 4.40. The standard InChI is InChI=1S/C25H20N2O5S/c1-13-7-9-20(14(2)11-13)27-23(29)19(22(28)26-25(27)33)12-16-8-10-21(32-16)17-5-4-6-18(15(17)3)24(30)31/h4-12H,1-3H3,(H,30,31)(H,26,28,33). The lowest BCUT2D eigenvalue weighted by Crippen LogP contribution is -2.54. The predicted molar refractivity (Wildman–Crippen MR) is 128 cm³/mol. The van der Waals surface area contributed by atoms with E-state index in [0.29, 0.717) is 22.6 Å². The lowest BCUT2D eigenvalue weighted by molar-refractivity contribution is -0.122. The van der Waals surface area contributed by atoms with Crippen LogP contribution in [0.5, 0.6) is 0 Å². The number of aromatic carboxylic acids is 1. The molecule has 0 spiro atoms. The van der Waals surface area contributed by atoms with Crippen LogP contribution in [-0.4, -0.2) is 28.0 Å². The number of carboxylic acid groups (broad SMARTS) is 1. The number of hydrogen-bond donors (Lipinski definition) is 2. The van der Waals surface area contributed by atoms with Gasteiger partial charge in [-0.2, -0.15) is 0 Å². The molecule has 1 aromatic heterocycles. The first-order chi connectivity index (χ1) is 15.7. The maximum absolute atomic E-state index is 13.2. The fourth-order valence-corrected chi connectivity index (χ4v) is 4.06. The van der Waals surface area contributed by atoms with E-state index in [4.69, 9.17) is 16.6 Å². The van der Waals surface area contributed by atoms with Gasteiger partial charge < -0.3 is 9.52 Å². The van der Waals surface area contributed by atoms with E-state index in [-0.39, 0.29) is 22.0 Å². The average Bonchev–Trinajstić information content (AvgIpc) is 3.21. The summed E-state index contributed by atoms with van der Waals surface area (Å²) in [6.45, 7) is 5.51. The molecule has 1 saturated heterocycles. The number of nitrogens with zero attached hydrogens (tertiary/aromatic N) is 1.